The van der Waals surface area contributed by atoms with Crippen LogP contribution < -0.4 is 25.8 Å². The number of nitrogens with one attached hydrogen (secondary N) is 2. The van der Waals surface area contributed by atoms with Crippen LogP contribution in [0.5, 0.6) is 11.5 Å². The molecule has 1 aliphatic rings. The lowest BCUT2D eigenvalue weighted by molar-refractivity contribution is -0.120. The first kappa shape index (κ1) is 13.0. The quantitative estimate of drug-likeness (QED) is 0.736. The lowest BCUT2D eigenvalue weighted by Crippen LogP contribution is -2.43. The van der Waals surface area contributed by atoms with Crippen molar-refractivity contribution in [2.75, 3.05) is 18.5 Å². The fraction of sp³-hybridized carbons (Fsp3) is 0.333. The SMILES string of the molecule is C[C@H](Nc1cccc2c1OCCO2)C(=O)NC(N)=O. The lowest BCUT2D eigenvalue weighted by atomic mass is 10.2. The normalized spacial score (nSPS) is 14.4. The Kier molecular flexibility index (Phi) is 3.74. The van der Waals surface area contributed by atoms with Gasteiger partial charge < -0.3 is 20.5 Å². The highest BCUT2D eigenvalue weighted by atomic mass is 16.6. The molecule has 1 atom stereocenters. The maximum Gasteiger partial charge on any atom is 0.318 e. The van der Waals surface area contributed by atoms with Crippen molar-refractivity contribution in [2.24, 2.45) is 5.73 Å². The molecule has 0 saturated heterocycles. The smallest absolute Gasteiger partial charge is 0.318 e. The van der Waals surface area contributed by atoms with Crippen molar-refractivity contribution in [3.63, 3.8) is 0 Å². The monoisotopic (exact) mass is 265 g/mol. The Hall–Kier alpha value is -2.44. The maximum atomic E-state index is 11.6. The van der Waals surface area contributed by atoms with Crippen LogP contribution in [-0.2, 0) is 4.79 Å². The molecule has 1 aromatic rings. The van der Waals surface area contributed by atoms with Gasteiger partial charge in [-0.3, -0.25) is 10.1 Å². The molecule has 1 heterocycles. The topological polar surface area (TPSA) is 103 Å². The number of imide groups is 1. The van der Waals surface area contributed by atoms with E-state index < -0.39 is 18.0 Å². The Bertz CT molecular complexity index is 504. The van der Waals surface area contributed by atoms with Gasteiger partial charge in [-0.25, -0.2) is 4.79 Å². The van der Waals surface area contributed by atoms with Crippen LogP contribution in [0.4, 0.5) is 10.5 Å². The van der Waals surface area contributed by atoms with Gasteiger partial charge >= 0.3 is 6.03 Å². The molecule has 0 bridgehead atoms. The number of rotatable bonds is 3. The highest BCUT2D eigenvalue weighted by Gasteiger charge is 2.20. The number of carbonyl (C=O) groups is 2. The van der Waals surface area contributed by atoms with Gasteiger partial charge in [0.1, 0.15) is 19.3 Å². The largest absolute Gasteiger partial charge is 0.486 e. The molecule has 7 heteroatoms. The van der Waals surface area contributed by atoms with Crippen molar-refractivity contribution in [3.8, 4) is 11.5 Å². The Balaban J connectivity index is 2.10. The minimum Gasteiger partial charge on any atom is -0.486 e. The molecule has 3 amide bonds. The number of ether oxygens (including phenoxy) is 2. The third-order valence-electron chi connectivity index (χ3n) is 2.58. The molecule has 0 aliphatic carbocycles. The molecule has 1 aliphatic heterocycles. The second-order valence-corrected chi connectivity index (χ2v) is 4.05. The lowest BCUT2D eigenvalue weighted by Gasteiger charge is -2.23. The van der Waals surface area contributed by atoms with Crippen LogP contribution >= 0.6 is 0 Å². The number of nitrogens with two attached hydrogens (primary N) is 1. The molecule has 7 nitrogen and oxygen atoms in total. The molecular formula is C12H15N3O4. The van der Waals surface area contributed by atoms with E-state index in [9.17, 15) is 9.59 Å². The van der Waals surface area contributed by atoms with E-state index in [0.29, 0.717) is 30.4 Å². The van der Waals surface area contributed by atoms with Crippen molar-refractivity contribution in [1.29, 1.82) is 0 Å². The van der Waals surface area contributed by atoms with E-state index in [2.05, 4.69) is 5.32 Å². The van der Waals surface area contributed by atoms with Gasteiger partial charge in [-0.15, -0.1) is 0 Å². The number of fused-ring (bicyclic) bond motifs is 1. The first-order valence-electron chi connectivity index (χ1n) is 5.83. The van der Waals surface area contributed by atoms with Gasteiger partial charge in [-0.05, 0) is 19.1 Å². The van der Waals surface area contributed by atoms with E-state index in [-0.39, 0.29) is 0 Å². The summed E-state index contributed by atoms with van der Waals surface area (Å²) in [6.07, 6.45) is 0. The molecule has 0 radical (unpaired) electrons. The summed E-state index contributed by atoms with van der Waals surface area (Å²) >= 11 is 0. The Morgan fingerprint density at radius 1 is 1.32 bits per heavy atom. The average Bonchev–Trinajstić information content (AvgIpc) is 2.38. The molecule has 0 unspecified atom stereocenters. The molecule has 2 rings (SSSR count). The summed E-state index contributed by atoms with van der Waals surface area (Å²) in [6, 6.07) is 3.82. The molecule has 0 spiro atoms. The van der Waals surface area contributed by atoms with Gasteiger partial charge in [0.2, 0.25) is 5.91 Å². The first-order valence-corrected chi connectivity index (χ1v) is 5.83. The second-order valence-electron chi connectivity index (χ2n) is 4.05. The molecular weight excluding hydrogens is 250 g/mol. The standard InChI is InChI=1S/C12H15N3O4/c1-7(11(16)15-12(13)17)14-8-3-2-4-9-10(8)19-6-5-18-9/h2-4,7,14H,5-6H2,1H3,(H3,13,15,16,17)/t7-/m0/s1. The highest BCUT2D eigenvalue weighted by Crippen LogP contribution is 2.37. The summed E-state index contributed by atoms with van der Waals surface area (Å²) < 4.78 is 10.9. The third-order valence-corrected chi connectivity index (χ3v) is 2.58. The molecule has 0 fully saturated rings. The summed E-state index contributed by atoms with van der Waals surface area (Å²) in [4.78, 5) is 22.2. The zero-order valence-corrected chi connectivity index (χ0v) is 10.4. The Morgan fingerprint density at radius 2 is 2.05 bits per heavy atom. The summed E-state index contributed by atoms with van der Waals surface area (Å²) in [5.74, 6) is 0.674. The van der Waals surface area contributed by atoms with Crippen LogP contribution in [0.3, 0.4) is 0 Å². The second kappa shape index (κ2) is 5.47. The Labute approximate surface area is 110 Å². The van der Waals surface area contributed by atoms with E-state index in [1.807, 2.05) is 5.32 Å². The number of urea groups is 1. The van der Waals surface area contributed by atoms with Gasteiger partial charge in [0, 0.05) is 0 Å². The van der Waals surface area contributed by atoms with Crippen LogP contribution in [0.15, 0.2) is 18.2 Å². The first-order chi connectivity index (χ1) is 9.08. The fourth-order valence-electron chi connectivity index (χ4n) is 1.72. The highest BCUT2D eigenvalue weighted by molar-refractivity contribution is 5.97. The van der Waals surface area contributed by atoms with Crippen molar-refractivity contribution in [3.05, 3.63) is 18.2 Å². The summed E-state index contributed by atoms with van der Waals surface area (Å²) in [7, 11) is 0. The van der Waals surface area contributed by atoms with Crippen LogP contribution in [0.2, 0.25) is 0 Å². The predicted molar refractivity (Wildman–Crippen MR) is 68.2 cm³/mol. The third kappa shape index (κ3) is 3.06. The number of anilines is 1. The van der Waals surface area contributed by atoms with Crippen LogP contribution in [0.1, 0.15) is 6.92 Å². The van der Waals surface area contributed by atoms with Gasteiger partial charge in [0.15, 0.2) is 11.5 Å². The van der Waals surface area contributed by atoms with Gasteiger partial charge in [0.05, 0.1) is 5.69 Å². The van der Waals surface area contributed by atoms with E-state index in [1.54, 1.807) is 25.1 Å². The Morgan fingerprint density at radius 3 is 2.79 bits per heavy atom. The number of hydrogen-bond donors (Lipinski definition) is 3. The molecule has 19 heavy (non-hydrogen) atoms. The molecule has 102 valence electrons. The summed E-state index contributed by atoms with van der Waals surface area (Å²) in [5, 5.41) is 4.96. The van der Waals surface area contributed by atoms with Gasteiger partial charge in [-0.1, -0.05) is 6.07 Å². The number of carbonyl (C=O) groups excluding carboxylic acids is 2. The van der Waals surface area contributed by atoms with Gasteiger partial charge in [0.25, 0.3) is 0 Å². The molecule has 0 aromatic heterocycles. The van der Waals surface area contributed by atoms with E-state index in [0.717, 1.165) is 0 Å². The predicted octanol–water partition coefficient (Wildman–Crippen LogP) is 0.453. The summed E-state index contributed by atoms with van der Waals surface area (Å²) in [5.41, 5.74) is 5.52. The molecule has 0 saturated carbocycles. The number of para-hydroxylation sites is 1. The van der Waals surface area contributed by atoms with Crippen LogP contribution in [0, 0.1) is 0 Å². The summed E-state index contributed by atoms with van der Waals surface area (Å²) in [6.45, 7) is 2.56. The van der Waals surface area contributed by atoms with Crippen LogP contribution in [0.25, 0.3) is 0 Å². The fourth-order valence-corrected chi connectivity index (χ4v) is 1.72. The number of amides is 3. The molecule has 4 N–H and O–H groups in total. The number of primary amides is 1. The van der Waals surface area contributed by atoms with E-state index >= 15 is 0 Å². The maximum absolute atomic E-state index is 11.6. The zero-order chi connectivity index (χ0) is 13.8. The van der Waals surface area contributed by atoms with E-state index in [1.165, 1.54) is 0 Å². The van der Waals surface area contributed by atoms with Crippen molar-refractivity contribution in [1.82, 2.24) is 5.32 Å². The van der Waals surface area contributed by atoms with Crippen molar-refractivity contribution in [2.45, 2.75) is 13.0 Å². The minimum atomic E-state index is -0.881. The van der Waals surface area contributed by atoms with Crippen LogP contribution in [-0.4, -0.2) is 31.2 Å². The average molecular weight is 265 g/mol. The van der Waals surface area contributed by atoms with Crippen molar-refractivity contribution < 1.29 is 19.1 Å². The minimum absolute atomic E-state index is 0.452. The van der Waals surface area contributed by atoms with Crippen molar-refractivity contribution >= 4 is 17.6 Å². The number of benzene rings is 1. The number of hydrogen-bond acceptors (Lipinski definition) is 5. The van der Waals surface area contributed by atoms with Gasteiger partial charge in [-0.2, -0.15) is 0 Å². The molecule has 1 aromatic carbocycles. The van der Waals surface area contributed by atoms with E-state index in [4.69, 9.17) is 15.2 Å². The zero-order valence-electron chi connectivity index (χ0n) is 10.4.